The monoisotopic (exact) mass is 346 g/mol. The third-order valence-corrected chi connectivity index (χ3v) is 3.17. The van der Waals surface area contributed by atoms with Gasteiger partial charge in [0.25, 0.3) is 0 Å². The van der Waals surface area contributed by atoms with E-state index in [1.807, 2.05) is 6.20 Å². The summed E-state index contributed by atoms with van der Waals surface area (Å²) in [5.41, 5.74) is 0. The number of amides is 2. The van der Waals surface area contributed by atoms with Gasteiger partial charge in [0.1, 0.15) is 0 Å². The van der Waals surface area contributed by atoms with E-state index in [-0.39, 0.29) is 12.6 Å². The van der Waals surface area contributed by atoms with Crippen molar-refractivity contribution in [2.75, 3.05) is 20.1 Å². The number of aromatic nitrogens is 2. The van der Waals surface area contributed by atoms with Gasteiger partial charge in [-0.05, 0) is 22.4 Å². The van der Waals surface area contributed by atoms with Crippen molar-refractivity contribution in [2.24, 2.45) is 5.92 Å². The molecule has 0 saturated heterocycles. The molecule has 1 heterocycles. The Morgan fingerprint density at radius 3 is 2.85 bits per heavy atom. The zero-order valence-corrected chi connectivity index (χ0v) is 13.1. The number of hydrogen-bond donors (Lipinski definition) is 2. The van der Waals surface area contributed by atoms with Gasteiger partial charge in [0.15, 0.2) is 0 Å². The van der Waals surface area contributed by atoms with Gasteiger partial charge in [0, 0.05) is 32.9 Å². The van der Waals surface area contributed by atoms with E-state index in [0.717, 1.165) is 10.9 Å². The Morgan fingerprint density at radius 2 is 2.30 bits per heavy atom. The minimum atomic E-state index is -0.908. The first-order chi connectivity index (χ1) is 9.40. The van der Waals surface area contributed by atoms with E-state index in [9.17, 15) is 9.59 Å². The number of nitrogens with zero attached hydrogens (tertiary/aromatic N) is 3. The van der Waals surface area contributed by atoms with Crippen LogP contribution in [0.5, 0.6) is 0 Å². The topological polar surface area (TPSA) is 87.5 Å². The highest BCUT2D eigenvalue weighted by Gasteiger charge is 2.16. The molecule has 0 spiro atoms. The normalized spacial score (nSPS) is 11.9. The molecule has 0 aromatic carbocycles. The zero-order valence-electron chi connectivity index (χ0n) is 11.5. The van der Waals surface area contributed by atoms with Gasteiger partial charge in [-0.1, -0.05) is 6.92 Å². The second-order valence-corrected chi connectivity index (χ2v) is 5.54. The molecule has 0 saturated carbocycles. The number of rotatable bonds is 7. The molecule has 0 fully saturated rings. The van der Waals surface area contributed by atoms with Crippen LogP contribution in [0.3, 0.4) is 0 Å². The van der Waals surface area contributed by atoms with E-state index in [1.165, 1.54) is 4.90 Å². The Morgan fingerprint density at radius 1 is 1.60 bits per heavy atom. The van der Waals surface area contributed by atoms with Crippen molar-refractivity contribution in [1.82, 2.24) is 20.0 Å². The number of urea groups is 1. The van der Waals surface area contributed by atoms with Crippen LogP contribution in [0.2, 0.25) is 0 Å². The van der Waals surface area contributed by atoms with Gasteiger partial charge < -0.3 is 15.3 Å². The van der Waals surface area contributed by atoms with Crippen LogP contribution in [0.25, 0.3) is 0 Å². The molecule has 2 amide bonds. The van der Waals surface area contributed by atoms with Crippen molar-refractivity contribution in [1.29, 1.82) is 0 Å². The summed E-state index contributed by atoms with van der Waals surface area (Å²) in [6.07, 6.45) is 4.32. The molecular formula is C12H19BrN4O3. The Hall–Kier alpha value is -1.57. The molecule has 112 valence electrons. The molecule has 20 heavy (non-hydrogen) atoms. The summed E-state index contributed by atoms with van der Waals surface area (Å²) < 4.78 is 2.70. The predicted octanol–water partition coefficient (Wildman–Crippen LogP) is 1.40. The summed E-state index contributed by atoms with van der Waals surface area (Å²) in [5, 5.41) is 15.6. The summed E-state index contributed by atoms with van der Waals surface area (Å²) in [6.45, 7) is 2.98. The molecule has 0 radical (unpaired) electrons. The van der Waals surface area contributed by atoms with Crippen molar-refractivity contribution in [3.63, 3.8) is 0 Å². The maximum absolute atomic E-state index is 11.7. The standard InChI is InChI=1S/C12H19BrN4O3/c1-9(11(18)19)7-16(2)12(20)14-4-3-5-17-8-10(13)6-15-17/h6,8-9H,3-5,7H2,1-2H3,(H,14,20)(H,18,19). The van der Waals surface area contributed by atoms with Crippen molar-refractivity contribution < 1.29 is 14.7 Å². The molecular weight excluding hydrogens is 328 g/mol. The molecule has 0 aliphatic carbocycles. The number of nitrogens with one attached hydrogen (secondary N) is 1. The summed E-state index contributed by atoms with van der Waals surface area (Å²) in [4.78, 5) is 23.8. The number of carboxylic acid groups (broad SMARTS) is 1. The minimum Gasteiger partial charge on any atom is -0.481 e. The first-order valence-electron chi connectivity index (χ1n) is 6.30. The van der Waals surface area contributed by atoms with Crippen LogP contribution in [0.15, 0.2) is 16.9 Å². The zero-order chi connectivity index (χ0) is 15.1. The molecule has 0 aliphatic heterocycles. The SMILES string of the molecule is CC(CN(C)C(=O)NCCCn1cc(Br)cn1)C(=O)O. The predicted molar refractivity (Wildman–Crippen MR) is 77.4 cm³/mol. The van der Waals surface area contributed by atoms with Gasteiger partial charge in [0.05, 0.1) is 16.6 Å². The second-order valence-electron chi connectivity index (χ2n) is 4.63. The highest BCUT2D eigenvalue weighted by Crippen LogP contribution is 2.06. The minimum absolute atomic E-state index is 0.188. The van der Waals surface area contributed by atoms with E-state index < -0.39 is 11.9 Å². The van der Waals surface area contributed by atoms with Gasteiger partial charge in [-0.15, -0.1) is 0 Å². The third kappa shape index (κ3) is 5.60. The Balaban J connectivity index is 2.20. The maximum Gasteiger partial charge on any atom is 0.317 e. The lowest BCUT2D eigenvalue weighted by Crippen LogP contribution is -2.41. The molecule has 1 unspecified atom stereocenters. The van der Waals surface area contributed by atoms with Crippen LogP contribution in [0, 0.1) is 5.92 Å². The van der Waals surface area contributed by atoms with E-state index in [4.69, 9.17) is 5.11 Å². The van der Waals surface area contributed by atoms with Crippen LogP contribution < -0.4 is 5.32 Å². The summed E-state index contributed by atoms with van der Waals surface area (Å²) >= 11 is 3.31. The number of carbonyl (C=O) groups excluding carboxylic acids is 1. The average Bonchev–Trinajstić information content (AvgIpc) is 2.79. The molecule has 1 aromatic rings. The van der Waals surface area contributed by atoms with Crippen LogP contribution in [0.1, 0.15) is 13.3 Å². The number of carboxylic acids is 1. The molecule has 7 nitrogen and oxygen atoms in total. The Labute approximate surface area is 126 Å². The van der Waals surface area contributed by atoms with Crippen molar-refractivity contribution in [3.05, 3.63) is 16.9 Å². The smallest absolute Gasteiger partial charge is 0.317 e. The Bertz CT molecular complexity index is 463. The fourth-order valence-electron chi connectivity index (χ4n) is 1.60. The van der Waals surface area contributed by atoms with E-state index in [2.05, 4.69) is 26.3 Å². The van der Waals surface area contributed by atoms with E-state index in [1.54, 1.807) is 24.9 Å². The molecule has 2 N–H and O–H groups in total. The highest BCUT2D eigenvalue weighted by molar-refractivity contribution is 9.10. The maximum atomic E-state index is 11.7. The van der Waals surface area contributed by atoms with Gasteiger partial charge in [-0.3, -0.25) is 9.48 Å². The second kappa shape index (κ2) is 7.88. The largest absolute Gasteiger partial charge is 0.481 e. The lowest BCUT2D eigenvalue weighted by Gasteiger charge is -2.19. The van der Waals surface area contributed by atoms with Crippen molar-refractivity contribution >= 4 is 27.9 Å². The first kappa shape index (κ1) is 16.5. The van der Waals surface area contributed by atoms with Crippen molar-refractivity contribution in [3.8, 4) is 0 Å². The highest BCUT2D eigenvalue weighted by atomic mass is 79.9. The lowest BCUT2D eigenvalue weighted by atomic mass is 10.2. The number of hydrogen-bond acceptors (Lipinski definition) is 3. The quantitative estimate of drug-likeness (QED) is 0.730. The molecule has 1 rings (SSSR count). The summed E-state index contributed by atoms with van der Waals surface area (Å²) in [6, 6.07) is -0.264. The fourth-order valence-corrected chi connectivity index (χ4v) is 1.93. The summed E-state index contributed by atoms with van der Waals surface area (Å²) in [5.74, 6) is -1.49. The molecule has 8 heteroatoms. The number of aliphatic carboxylic acids is 1. The van der Waals surface area contributed by atoms with Crippen LogP contribution in [0.4, 0.5) is 4.79 Å². The summed E-state index contributed by atoms with van der Waals surface area (Å²) in [7, 11) is 1.58. The molecule has 0 aliphatic rings. The fraction of sp³-hybridized carbons (Fsp3) is 0.583. The average molecular weight is 347 g/mol. The lowest BCUT2D eigenvalue weighted by molar-refractivity contribution is -0.141. The number of carbonyl (C=O) groups is 2. The third-order valence-electron chi connectivity index (χ3n) is 2.76. The van der Waals surface area contributed by atoms with E-state index >= 15 is 0 Å². The van der Waals surface area contributed by atoms with Crippen LogP contribution in [-0.4, -0.2) is 51.9 Å². The van der Waals surface area contributed by atoms with Gasteiger partial charge in [-0.25, -0.2) is 4.79 Å². The van der Waals surface area contributed by atoms with E-state index in [0.29, 0.717) is 13.1 Å². The Kier molecular flexibility index (Phi) is 6.50. The number of halogens is 1. The number of aryl methyl sites for hydroxylation is 1. The van der Waals surface area contributed by atoms with Crippen LogP contribution >= 0.6 is 15.9 Å². The molecule has 1 aromatic heterocycles. The molecule has 0 bridgehead atoms. The van der Waals surface area contributed by atoms with Crippen LogP contribution in [-0.2, 0) is 11.3 Å². The molecule has 1 atom stereocenters. The van der Waals surface area contributed by atoms with Crippen molar-refractivity contribution in [2.45, 2.75) is 19.9 Å². The first-order valence-corrected chi connectivity index (χ1v) is 7.09. The van der Waals surface area contributed by atoms with Gasteiger partial charge >= 0.3 is 12.0 Å². The van der Waals surface area contributed by atoms with Gasteiger partial charge in [-0.2, -0.15) is 5.10 Å². The van der Waals surface area contributed by atoms with Gasteiger partial charge in [0.2, 0.25) is 0 Å².